The third-order valence-electron chi connectivity index (χ3n) is 1.19. The van der Waals surface area contributed by atoms with Crippen molar-refractivity contribution in [2.24, 2.45) is 0 Å². The zero-order chi connectivity index (χ0) is 6.41. The largest absolute Gasteiger partial charge is 0.162 e. The molecule has 0 N–H and O–H groups in total. The van der Waals surface area contributed by atoms with E-state index in [9.17, 15) is 0 Å². The molecule has 0 bridgehead atoms. The molecular weight excluding hydrogens is 116 g/mol. The monoisotopic (exact) mass is 129 g/mol. The summed E-state index contributed by atoms with van der Waals surface area (Å²) in [6.45, 7) is 7.43. The van der Waals surface area contributed by atoms with Crippen LogP contribution < -0.4 is 0 Å². The first-order chi connectivity index (χ1) is 3.85. The van der Waals surface area contributed by atoms with Crippen molar-refractivity contribution in [3.63, 3.8) is 0 Å². The third kappa shape index (κ3) is 3.14. The first-order valence-corrected chi connectivity index (χ1v) is 4.20. The highest BCUT2D eigenvalue weighted by Gasteiger charge is 1.97. The number of hydrogen-bond donors (Lipinski definition) is 0. The van der Waals surface area contributed by atoms with Crippen molar-refractivity contribution in [3.05, 3.63) is 12.7 Å². The van der Waals surface area contributed by atoms with Crippen LogP contribution in [0.1, 0.15) is 19.8 Å². The Morgan fingerprint density at radius 2 is 2.38 bits per heavy atom. The summed E-state index contributed by atoms with van der Waals surface area (Å²) in [6, 6.07) is 0. The van der Waals surface area contributed by atoms with E-state index >= 15 is 0 Å². The SMILES string of the molecule is [CH]=CCC(CC)SC. The molecule has 0 saturated heterocycles. The highest BCUT2D eigenvalue weighted by atomic mass is 32.2. The Morgan fingerprint density at radius 1 is 1.75 bits per heavy atom. The van der Waals surface area contributed by atoms with Crippen molar-refractivity contribution in [1.29, 1.82) is 0 Å². The second-order valence-corrected chi connectivity index (χ2v) is 2.88. The van der Waals surface area contributed by atoms with Gasteiger partial charge in [0, 0.05) is 5.25 Å². The maximum Gasteiger partial charge on any atom is 0.00762 e. The van der Waals surface area contributed by atoms with Gasteiger partial charge in [0.1, 0.15) is 0 Å². The summed E-state index contributed by atoms with van der Waals surface area (Å²) < 4.78 is 0. The Balaban J connectivity index is 3.20. The molecule has 0 spiro atoms. The van der Waals surface area contributed by atoms with E-state index in [0.29, 0.717) is 0 Å². The maximum absolute atomic E-state index is 5.24. The van der Waals surface area contributed by atoms with Gasteiger partial charge in [-0.1, -0.05) is 19.6 Å². The van der Waals surface area contributed by atoms with Crippen LogP contribution in [0.3, 0.4) is 0 Å². The Labute approximate surface area is 56.4 Å². The van der Waals surface area contributed by atoms with E-state index in [-0.39, 0.29) is 0 Å². The number of thioether (sulfide) groups is 1. The zero-order valence-electron chi connectivity index (χ0n) is 5.55. The molecule has 0 aromatic rings. The highest BCUT2D eigenvalue weighted by molar-refractivity contribution is 7.99. The van der Waals surface area contributed by atoms with E-state index in [4.69, 9.17) is 6.58 Å². The lowest BCUT2D eigenvalue weighted by atomic mass is 10.2. The summed E-state index contributed by atoms with van der Waals surface area (Å²) in [4.78, 5) is 0. The fraction of sp³-hybridized carbons (Fsp3) is 0.714. The van der Waals surface area contributed by atoms with Gasteiger partial charge in [-0.05, 0) is 19.1 Å². The summed E-state index contributed by atoms with van der Waals surface area (Å²) in [6.07, 6.45) is 6.12. The van der Waals surface area contributed by atoms with Gasteiger partial charge >= 0.3 is 0 Å². The molecule has 0 rings (SSSR count). The minimum atomic E-state index is 0.736. The second kappa shape index (κ2) is 5.23. The lowest BCUT2D eigenvalue weighted by molar-refractivity contribution is 0.839. The molecule has 8 heavy (non-hydrogen) atoms. The zero-order valence-corrected chi connectivity index (χ0v) is 6.37. The van der Waals surface area contributed by atoms with Gasteiger partial charge in [0.15, 0.2) is 0 Å². The molecule has 0 saturated carbocycles. The Morgan fingerprint density at radius 3 is 2.50 bits per heavy atom. The minimum Gasteiger partial charge on any atom is -0.162 e. The Bertz CT molecular complexity index is 55.4. The van der Waals surface area contributed by atoms with Gasteiger partial charge in [0.25, 0.3) is 0 Å². The summed E-state index contributed by atoms with van der Waals surface area (Å²) in [5.74, 6) is 0. The van der Waals surface area contributed by atoms with Crippen molar-refractivity contribution in [3.8, 4) is 0 Å². The van der Waals surface area contributed by atoms with Crippen LogP contribution in [0.15, 0.2) is 6.08 Å². The van der Waals surface area contributed by atoms with Crippen LogP contribution in [0.25, 0.3) is 0 Å². The van der Waals surface area contributed by atoms with Crippen LogP contribution in [-0.2, 0) is 0 Å². The summed E-state index contributed by atoms with van der Waals surface area (Å²) in [7, 11) is 0. The van der Waals surface area contributed by atoms with Gasteiger partial charge in [-0.2, -0.15) is 11.8 Å². The Kier molecular flexibility index (Phi) is 5.29. The first kappa shape index (κ1) is 8.09. The minimum absolute atomic E-state index is 0.736. The highest BCUT2D eigenvalue weighted by Crippen LogP contribution is 2.13. The van der Waals surface area contributed by atoms with Crippen LogP contribution in [-0.4, -0.2) is 11.5 Å². The topological polar surface area (TPSA) is 0 Å². The summed E-state index contributed by atoms with van der Waals surface area (Å²) in [5.41, 5.74) is 0. The van der Waals surface area contributed by atoms with E-state index in [1.54, 1.807) is 6.08 Å². The molecular formula is C7H13S. The predicted octanol–water partition coefficient (Wildman–Crippen LogP) is 2.51. The van der Waals surface area contributed by atoms with Crippen LogP contribution >= 0.6 is 11.8 Å². The van der Waals surface area contributed by atoms with E-state index in [1.165, 1.54) is 6.42 Å². The van der Waals surface area contributed by atoms with Crippen molar-refractivity contribution >= 4 is 11.8 Å². The van der Waals surface area contributed by atoms with Gasteiger partial charge in [-0.15, -0.1) is 0 Å². The average Bonchev–Trinajstić information content (AvgIpc) is 1.83. The number of hydrogen-bond acceptors (Lipinski definition) is 1. The number of rotatable bonds is 4. The van der Waals surface area contributed by atoms with Crippen LogP contribution in [0.2, 0.25) is 0 Å². The lowest BCUT2D eigenvalue weighted by Crippen LogP contribution is -1.95. The van der Waals surface area contributed by atoms with Gasteiger partial charge < -0.3 is 0 Å². The van der Waals surface area contributed by atoms with Gasteiger partial charge in [-0.25, -0.2) is 0 Å². The molecule has 0 aliphatic heterocycles. The van der Waals surface area contributed by atoms with Crippen LogP contribution in [0.4, 0.5) is 0 Å². The van der Waals surface area contributed by atoms with E-state index in [2.05, 4.69) is 13.2 Å². The third-order valence-corrected chi connectivity index (χ3v) is 2.38. The predicted molar refractivity (Wildman–Crippen MR) is 41.1 cm³/mol. The van der Waals surface area contributed by atoms with E-state index in [1.807, 2.05) is 11.8 Å². The smallest absolute Gasteiger partial charge is 0.00762 e. The molecule has 0 nitrogen and oxygen atoms in total. The van der Waals surface area contributed by atoms with Crippen molar-refractivity contribution in [2.45, 2.75) is 25.0 Å². The van der Waals surface area contributed by atoms with E-state index in [0.717, 1.165) is 11.7 Å². The van der Waals surface area contributed by atoms with Gasteiger partial charge in [0.2, 0.25) is 0 Å². The standard InChI is InChI=1S/C7H13S/c1-4-6-7(5-2)8-3/h1,4,7H,5-6H2,2-3H3. The molecule has 1 heteroatoms. The molecule has 0 aromatic carbocycles. The molecule has 0 amide bonds. The summed E-state index contributed by atoms with van der Waals surface area (Å²) in [5, 5.41) is 0.736. The molecule has 0 aliphatic carbocycles. The molecule has 0 aromatic heterocycles. The molecule has 0 heterocycles. The van der Waals surface area contributed by atoms with Crippen molar-refractivity contribution in [2.75, 3.05) is 6.26 Å². The number of allylic oxidation sites excluding steroid dienone is 1. The first-order valence-electron chi connectivity index (χ1n) is 2.91. The van der Waals surface area contributed by atoms with Crippen molar-refractivity contribution in [1.82, 2.24) is 0 Å². The quantitative estimate of drug-likeness (QED) is 0.562. The van der Waals surface area contributed by atoms with Crippen molar-refractivity contribution < 1.29 is 0 Å². The van der Waals surface area contributed by atoms with Crippen LogP contribution in [0, 0.1) is 6.58 Å². The molecule has 1 atom stereocenters. The maximum atomic E-state index is 5.24. The Hall–Kier alpha value is 0.0900. The van der Waals surface area contributed by atoms with Gasteiger partial charge in [-0.3, -0.25) is 0 Å². The molecule has 1 unspecified atom stereocenters. The van der Waals surface area contributed by atoms with Gasteiger partial charge in [0.05, 0.1) is 0 Å². The van der Waals surface area contributed by atoms with Crippen LogP contribution in [0.5, 0.6) is 0 Å². The fourth-order valence-corrected chi connectivity index (χ4v) is 1.22. The van der Waals surface area contributed by atoms with E-state index < -0.39 is 0 Å². The lowest BCUT2D eigenvalue weighted by Gasteiger charge is -2.05. The molecule has 1 radical (unpaired) electrons. The normalized spacial score (nSPS) is 13.2. The fourth-order valence-electron chi connectivity index (χ4n) is 0.581. The molecule has 0 aliphatic rings. The average molecular weight is 129 g/mol. The summed E-state index contributed by atoms with van der Waals surface area (Å²) >= 11 is 1.88. The molecule has 47 valence electrons. The second-order valence-electron chi connectivity index (χ2n) is 1.74. The molecule has 0 fully saturated rings.